The third-order valence-electron chi connectivity index (χ3n) is 6.11. The molecule has 1 unspecified atom stereocenters. The number of aromatic hydroxyl groups is 1. The van der Waals surface area contributed by atoms with E-state index in [1.165, 1.54) is 0 Å². The molecule has 3 aromatic carbocycles. The number of methoxy groups -OCH3 is 2. The van der Waals surface area contributed by atoms with Gasteiger partial charge in [-0.05, 0) is 35.7 Å². The largest absolute Gasteiger partial charge is 0.508 e. The molecule has 0 fully saturated rings. The van der Waals surface area contributed by atoms with Gasteiger partial charge in [0.05, 0.1) is 19.8 Å². The molecule has 34 heavy (non-hydrogen) atoms. The fourth-order valence-electron chi connectivity index (χ4n) is 4.40. The standard InChI is InChI=1S/C27H25N3O4/c1-32-21-11-8-17(14-23(21)33-2)12-13-30-16-29-27-25(26(30)28)24(18-6-4-3-5-7-18)20-10-9-19(31)15-22(20)34-27/h3-11,14-16,24,28,31H,12-13H2,1-2H3. The van der Waals surface area contributed by atoms with Crippen LogP contribution in [-0.4, -0.2) is 28.9 Å². The zero-order valence-electron chi connectivity index (χ0n) is 19.0. The summed E-state index contributed by atoms with van der Waals surface area (Å²) in [6, 6.07) is 20.9. The molecular formula is C27H25N3O4. The molecule has 7 nitrogen and oxygen atoms in total. The second-order valence-electron chi connectivity index (χ2n) is 8.11. The van der Waals surface area contributed by atoms with Gasteiger partial charge in [-0.15, -0.1) is 0 Å². The summed E-state index contributed by atoms with van der Waals surface area (Å²) in [6.45, 7) is 0.568. The summed E-state index contributed by atoms with van der Waals surface area (Å²) >= 11 is 0. The fraction of sp³-hybridized carbons (Fsp3) is 0.185. The van der Waals surface area contributed by atoms with Gasteiger partial charge in [0.2, 0.25) is 5.88 Å². The van der Waals surface area contributed by atoms with Crippen molar-refractivity contribution in [2.24, 2.45) is 0 Å². The first kappa shape index (κ1) is 21.6. The van der Waals surface area contributed by atoms with E-state index in [2.05, 4.69) is 4.98 Å². The van der Waals surface area contributed by atoms with Crippen LogP contribution < -0.4 is 19.7 Å². The minimum absolute atomic E-state index is 0.126. The maximum atomic E-state index is 9.98. The number of hydrogen-bond acceptors (Lipinski definition) is 6. The number of nitrogens with one attached hydrogen (secondary N) is 1. The number of aromatic nitrogens is 2. The van der Waals surface area contributed by atoms with Crippen LogP contribution in [0.2, 0.25) is 0 Å². The van der Waals surface area contributed by atoms with Gasteiger partial charge in [0.1, 0.15) is 23.3 Å². The highest BCUT2D eigenvalue weighted by Crippen LogP contribution is 2.45. The molecule has 172 valence electrons. The fourth-order valence-corrected chi connectivity index (χ4v) is 4.40. The molecule has 4 aromatic rings. The van der Waals surface area contributed by atoms with Gasteiger partial charge in [-0.1, -0.05) is 42.5 Å². The maximum absolute atomic E-state index is 9.98. The Labute approximate surface area is 197 Å². The number of phenols is 1. The third-order valence-corrected chi connectivity index (χ3v) is 6.11. The molecule has 0 bridgehead atoms. The Bertz CT molecular complexity index is 1400. The van der Waals surface area contributed by atoms with Crippen molar-refractivity contribution >= 4 is 0 Å². The number of phenolic OH excluding ortho intramolecular Hbond substituents is 1. The van der Waals surface area contributed by atoms with Crippen LogP contribution >= 0.6 is 0 Å². The van der Waals surface area contributed by atoms with Crippen molar-refractivity contribution in [1.82, 2.24) is 9.55 Å². The summed E-state index contributed by atoms with van der Waals surface area (Å²) in [4.78, 5) is 4.55. The Morgan fingerprint density at radius 2 is 1.79 bits per heavy atom. The molecule has 1 aromatic heterocycles. The van der Waals surface area contributed by atoms with Gasteiger partial charge in [0.15, 0.2) is 11.5 Å². The number of nitrogens with zero attached hydrogens (tertiary/aromatic N) is 2. The topological polar surface area (TPSA) is 89.6 Å². The van der Waals surface area contributed by atoms with Crippen LogP contribution in [0.15, 0.2) is 73.1 Å². The number of benzene rings is 3. The quantitative estimate of drug-likeness (QED) is 0.390. The van der Waals surface area contributed by atoms with Crippen molar-refractivity contribution < 1.29 is 19.3 Å². The molecule has 1 aliphatic heterocycles. The van der Waals surface area contributed by atoms with Gasteiger partial charge >= 0.3 is 0 Å². The lowest BCUT2D eigenvalue weighted by Crippen LogP contribution is -2.30. The van der Waals surface area contributed by atoms with Crippen molar-refractivity contribution in [1.29, 1.82) is 5.41 Å². The summed E-state index contributed by atoms with van der Waals surface area (Å²) < 4.78 is 18.6. The van der Waals surface area contributed by atoms with E-state index in [0.29, 0.717) is 47.1 Å². The first-order chi connectivity index (χ1) is 16.6. The van der Waals surface area contributed by atoms with E-state index in [1.807, 2.05) is 59.2 Å². The van der Waals surface area contributed by atoms with E-state index in [-0.39, 0.29) is 11.7 Å². The normalized spacial score (nSPS) is 14.0. The van der Waals surface area contributed by atoms with Crippen LogP contribution in [0.4, 0.5) is 0 Å². The van der Waals surface area contributed by atoms with Crippen molar-refractivity contribution in [3.63, 3.8) is 0 Å². The van der Waals surface area contributed by atoms with E-state index in [0.717, 1.165) is 16.7 Å². The van der Waals surface area contributed by atoms with Gasteiger partial charge in [0.25, 0.3) is 0 Å². The van der Waals surface area contributed by atoms with Gasteiger partial charge in [0, 0.05) is 24.1 Å². The average molecular weight is 456 g/mol. The molecule has 0 radical (unpaired) electrons. The molecule has 2 heterocycles. The summed E-state index contributed by atoms with van der Waals surface area (Å²) in [5.41, 5.74) is 4.05. The second kappa shape index (κ2) is 8.94. The summed E-state index contributed by atoms with van der Waals surface area (Å²) in [6.07, 6.45) is 2.33. The highest BCUT2D eigenvalue weighted by molar-refractivity contribution is 5.57. The van der Waals surface area contributed by atoms with Crippen LogP contribution in [0.25, 0.3) is 0 Å². The SMILES string of the molecule is COc1ccc(CCn2cnc3c(c2=N)C(c2ccccc2)c2ccc(O)cc2O3)cc1OC. The van der Waals surface area contributed by atoms with Crippen molar-refractivity contribution in [2.45, 2.75) is 18.9 Å². The second-order valence-corrected chi connectivity index (χ2v) is 8.11. The lowest BCUT2D eigenvalue weighted by Gasteiger charge is -2.28. The number of fused-ring (bicyclic) bond motifs is 2. The Kier molecular flexibility index (Phi) is 5.67. The molecule has 1 atom stereocenters. The molecule has 0 saturated heterocycles. The van der Waals surface area contributed by atoms with Crippen LogP contribution in [0.5, 0.6) is 28.9 Å². The first-order valence-electron chi connectivity index (χ1n) is 11.0. The van der Waals surface area contributed by atoms with Crippen LogP contribution in [0, 0.1) is 5.41 Å². The molecule has 0 spiro atoms. The number of aryl methyl sites for hydroxylation is 2. The molecule has 7 heteroatoms. The molecule has 1 aliphatic rings. The van der Waals surface area contributed by atoms with Crippen LogP contribution in [0.1, 0.15) is 28.2 Å². The van der Waals surface area contributed by atoms with E-state index < -0.39 is 0 Å². The molecule has 5 rings (SSSR count). The molecular weight excluding hydrogens is 430 g/mol. The van der Waals surface area contributed by atoms with Crippen molar-refractivity contribution in [3.8, 4) is 28.9 Å². The number of hydrogen-bond donors (Lipinski definition) is 2. The summed E-state index contributed by atoms with van der Waals surface area (Å²) in [5.74, 6) is 2.20. The average Bonchev–Trinajstić information content (AvgIpc) is 2.87. The van der Waals surface area contributed by atoms with Gasteiger partial charge in [-0.25, -0.2) is 4.98 Å². The number of rotatable bonds is 6. The molecule has 2 N–H and O–H groups in total. The minimum Gasteiger partial charge on any atom is -0.508 e. The zero-order chi connectivity index (χ0) is 23.7. The van der Waals surface area contributed by atoms with Crippen LogP contribution in [0.3, 0.4) is 0 Å². The van der Waals surface area contributed by atoms with E-state index in [9.17, 15) is 5.11 Å². The maximum Gasteiger partial charge on any atom is 0.228 e. The van der Waals surface area contributed by atoms with E-state index in [4.69, 9.17) is 19.6 Å². The molecule has 0 amide bonds. The predicted octanol–water partition coefficient (Wildman–Crippen LogP) is 4.61. The Balaban J connectivity index is 1.53. The monoisotopic (exact) mass is 455 g/mol. The minimum atomic E-state index is -0.228. The van der Waals surface area contributed by atoms with E-state index >= 15 is 0 Å². The lowest BCUT2D eigenvalue weighted by molar-refractivity contribution is 0.354. The molecule has 0 saturated carbocycles. The number of ether oxygens (including phenoxy) is 3. The summed E-state index contributed by atoms with van der Waals surface area (Å²) in [7, 11) is 3.23. The Morgan fingerprint density at radius 1 is 1.00 bits per heavy atom. The van der Waals surface area contributed by atoms with Gasteiger partial charge < -0.3 is 23.9 Å². The van der Waals surface area contributed by atoms with Crippen molar-refractivity contribution in [3.05, 3.63) is 101 Å². The highest BCUT2D eigenvalue weighted by atomic mass is 16.5. The van der Waals surface area contributed by atoms with E-state index in [1.54, 1.807) is 32.7 Å². The van der Waals surface area contributed by atoms with Gasteiger partial charge in [-0.2, -0.15) is 0 Å². The Morgan fingerprint density at radius 3 is 2.56 bits per heavy atom. The molecule has 0 aliphatic carbocycles. The Hall–Kier alpha value is -4.26. The van der Waals surface area contributed by atoms with Gasteiger partial charge in [-0.3, -0.25) is 5.41 Å². The van der Waals surface area contributed by atoms with Crippen LogP contribution in [-0.2, 0) is 13.0 Å². The first-order valence-corrected chi connectivity index (χ1v) is 11.0. The van der Waals surface area contributed by atoms with Crippen molar-refractivity contribution in [2.75, 3.05) is 14.2 Å². The highest BCUT2D eigenvalue weighted by Gasteiger charge is 2.32. The lowest BCUT2D eigenvalue weighted by atomic mass is 9.84. The predicted molar refractivity (Wildman–Crippen MR) is 127 cm³/mol. The third kappa shape index (κ3) is 3.85. The smallest absolute Gasteiger partial charge is 0.228 e. The summed E-state index contributed by atoms with van der Waals surface area (Å²) in [5, 5.41) is 19.0. The zero-order valence-corrected chi connectivity index (χ0v) is 19.0.